The van der Waals surface area contributed by atoms with Gasteiger partial charge in [0.25, 0.3) is 0 Å². The molecule has 0 saturated heterocycles. The number of nitrogens with zero attached hydrogens (tertiary/aromatic N) is 1. The molecule has 0 unspecified atom stereocenters. The Morgan fingerprint density at radius 3 is 2.38 bits per heavy atom. The van der Waals surface area contributed by atoms with E-state index in [0.29, 0.717) is 6.61 Å². The fourth-order valence-electron chi connectivity index (χ4n) is 2.45. The molecule has 2 aromatic carbocycles. The van der Waals surface area contributed by atoms with E-state index in [1.807, 2.05) is 19.1 Å². The second kappa shape index (κ2) is 10.4. The highest BCUT2D eigenvalue weighted by atomic mass is 16.5. The Labute approximate surface area is 145 Å². The molecule has 0 aliphatic heterocycles. The predicted molar refractivity (Wildman–Crippen MR) is 100 cm³/mol. The smallest absolute Gasteiger partial charge is 0.191 e. The Kier molecular flexibility index (Phi) is 7.84. The summed E-state index contributed by atoms with van der Waals surface area (Å²) in [6.07, 6.45) is 0.975. The average molecular weight is 325 g/mol. The van der Waals surface area contributed by atoms with Gasteiger partial charge in [0, 0.05) is 26.7 Å². The fraction of sp³-hybridized carbons (Fsp3) is 0.350. The molecule has 0 aliphatic rings. The van der Waals surface area contributed by atoms with Crippen molar-refractivity contribution in [3.8, 4) is 0 Å². The molecule has 0 atom stereocenters. The van der Waals surface area contributed by atoms with Crippen LogP contribution >= 0.6 is 0 Å². The van der Waals surface area contributed by atoms with Crippen LogP contribution in [0.2, 0.25) is 0 Å². The SMILES string of the molecule is CCOCc1ccccc1CNC(=NC)NCCc1ccccc1. The van der Waals surface area contributed by atoms with E-state index in [-0.39, 0.29) is 0 Å². The molecule has 0 aromatic heterocycles. The molecule has 4 nitrogen and oxygen atoms in total. The van der Waals surface area contributed by atoms with E-state index in [4.69, 9.17) is 4.74 Å². The van der Waals surface area contributed by atoms with E-state index in [9.17, 15) is 0 Å². The van der Waals surface area contributed by atoms with Gasteiger partial charge in [0.15, 0.2) is 5.96 Å². The summed E-state index contributed by atoms with van der Waals surface area (Å²) in [7, 11) is 1.80. The Balaban J connectivity index is 1.81. The van der Waals surface area contributed by atoms with Crippen molar-refractivity contribution in [2.24, 2.45) is 4.99 Å². The first kappa shape index (κ1) is 18.0. The lowest BCUT2D eigenvalue weighted by Crippen LogP contribution is -2.38. The van der Waals surface area contributed by atoms with Gasteiger partial charge in [0.2, 0.25) is 0 Å². The molecule has 2 rings (SSSR count). The second-order valence-corrected chi connectivity index (χ2v) is 5.49. The van der Waals surface area contributed by atoms with Crippen LogP contribution in [0.15, 0.2) is 59.6 Å². The summed E-state index contributed by atoms with van der Waals surface area (Å²) >= 11 is 0. The van der Waals surface area contributed by atoms with Crippen LogP contribution in [0.5, 0.6) is 0 Å². The third-order valence-corrected chi connectivity index (χ3v) is 3.80. The number of aliphatic imine (C=N–C) groups is 1. The van der Waals surface area contributed by atoms with Gasteiger partial charge in [-0.05, 0) is 30.0 Å². The number of ether oxygens (including phenoxy) is 1. The quantitative estimate of drug-likeness (QED) is 0.579. The molecule has 2 aromatic rings. The Morgan fingerprint density at radius 1 is 0.958 bits per heavy atom. The summed E-state index contributed by atoms with van der Waals surface area (Å²) < 4.78 is 5.53. The van der Waals surface area contributed by atoms with Crippen LogP contribution in [0.4, 0.5) is 0 Å². The maximum atomic E-state index is 5.53. The van der Waals surface area contributed by atoms with E-state index in [2.05, 4.69) is 58.1 Å². The second-order valence-electron chi connectivity index (χ2n) is 5.49. The molecule has 0 fully saturated rings. The summed E-state index contributed by atoms with van der Waals surface area (Å²) in [5.41, 5.74) is 3.77. The highest BCUT2D eigenvalue weighted by Crippen LogP contribution is 2.09. The Hall–Kier alpha value is -2.33. The van der Waals surface area contributed by atoms with Gasteiger partial charge < -0.3 is 15.4 Å². The number of nitrogens with one attached hydrogen (secondary N) is 2. The summed E-state index contributed by atoms with van der Waals surface area (Å²) in [6.45, 7) is 4.97. The molecule has 0 radical (unpaired) electrons. The molecule has 0 bridgehead atoms. The van der Waals surface area contributed by atoms with Crippen molar-refractivity contribution in [3.05, 3.63) is 71.3 Å². The lowest BCUT2D eigenvalue weighted by Gasteiger charge is -2.14. The van der Waals surface area contributed by atoms with Gasteiger partial charge in [-0.15, -0.1) is 0 Å². The zero-order valence-corrected chi connectivity index (χ0v) is 14.6. The van der Waals surface area contributed by atoms with Crippen molar-refractivity contribution >= 4 is 5.96 Å². The molecule has 0 saturated carbocycles. The maximum Gasteiger partial charge on any atom is 0.191 e. The van der Waals surface area contributed by atoms with Crippen LogP contribution in [-0.2, 0) is 24.3 Å². The van der Waals surface area contributed by atoms with Gasteiger partial charge in [-0.3, -0.25) is 4.99 Å². The minimum Gasteiger partial charge on any atom is -0.377 e. The van der Waals surface area contributed by atoms with Crippen molar-refractivity contribution in [2.75, 3.05) is 20.2 Å². The molecule has 0 aliphatic carbocycles. The largest absolute Gasteiger partial charge is 0.377 e. The number of hydrogen-bond donors (Lipinski definition) is 2. The van der Waals surface area contributed by atoms with Gasteiger partial charge in [-0.2, -0.15) is 0 Å². The molecule has 0 heterocycles. The topological polar surface area (TPSA) is 45.6 Å². The summed E-state index contributed by atoms with van der Waals surface area (Å²) in [5, 5.41) is 6.73. The first-order chi connectivity index (χ1) is 11.8. The van der Waals surface area contributed by atoms with Crippen molar-refractivity contribution < 1.29 is 4.74 Å². The van der Waals surface area contributed by atoms with Gasteiger partial charge in [-0.25, -0.2) is 0 Å². The van der Waals surface area contributed by atoms with Crippen LogP contribution in [0.25, 0.3) is 0 Å². The highest BCUT2D eigenvalue weighted by molar-refractivity contribution is 5.79. The van der Waals surface area contributed by atoms with E-state index < -0.39 is 0 Å². The lowest BCUT2D eigenvalue weighted by atomic mass is 10.1. The van der Waals surface area contributed by atoms with Crippen LogP contribution in [0, 0.1) is 0 Å². The van der Waals surface area contributed by atoms with Crippen LogP contribution in [-0.4, -0.2) is 26.2 Å². The minimum absolute atomic E-state index is 0.647. The van der Waals surface area contributed by atoms with Crippen LogP contribution in [0.3, 0.4) is 0 Å². The molecule has 4 heteroatoms. The van der Waals surface area contributed by atoms with Gasteiger partial charge in [0.1, 0.15) is 0 Å². The molecule has 24 heavy (non-hydrogen) atoms. The average Bonchev–Trinajstić information content (AvgIpc) is 2.64. The third kappa shape index (κ3) is 6.05. The zero-order valence-electron chi connectivity index (χ0n) is 14.6. The van der Waals surface area contributed by atoms with Crippen molar-refractivity contribution in [2.45, 2.75) is 26.5 Å². The minimum atomic E-state index is 0.647. The van der Waals surface area contributed by atoms with E-state index in [1.165, 1.54) is 16.7 Å². The summed E-state index contributed by atoms with van der Waals surface area (Å²) in [6, 6.07) is 18.8. The monoisotopic (exact) mass is 325 g/mol. The zero-order chi connectivity index (χ0) is 17.0. The van der Waals surface area contributed by atoms with Crippen molar-refractivity contribution in [1.29, 1.82) is 0 Å². The number of rotatable bonds is 8. The molecule has 2 N–H and O–H groups in total. The number of guanidine groups is 1. The van der Waals surface area contributed by atoms with Crippen LogP contribution < -0.4 is 10.6 Å². The van der Waals surface area contributed by atoms with E-state index in [1.54, 1.807) is 7.05 Å². The molecular formula is C20H27N3O. The standard InChI is InChI=1S/C20H27N3O/c1-3-24-16-19-12-8-7-11-18(19)15-23-20(21-2)22-14-13-17-9-5-4-6-10-17/h4-12H,3,13-16H2,1-2H3,(H2,21,22,23). The Bertz CT molecular complexity index is 626. The van der Waals surface area contributed by atoms with Gasteiger partial charge in [0.05, 0.1) is 6.61 Å². The molecular weight excluding hydrogens is 298 g/mol. The molecule has 0 amide bonds. The third-order valence-electron chi connectivity index (χ3n) is 3.80. The van der Waals surface area contributed by atoms with Crippen molar-refractivity contribution in [3.63, 3.8) is 0 Å². The van der Waals surface area contributed by atoms with Crippen LogP contribution in [0.1, 0.15) is 23.6 Å². The first-order valence-electron chi connectivity index (χ1n) is 8.46. The predicted octanol–water partition coefficient (Wildman–Crippen LogP) is 3.13. The van der Waals surface area contributed by atoms with E-state index in [0.717, 1.165) is 32.1 Å². The lowest BCUT2D eigenvalue weighted by molar-refractivity contribution is 0.133. The molecule has 0 spiro atoms. The normalized spacial score (nSPS) is 11.3. The molecule has 128 valence electrons. The first-order valence-corrected chi connectivity index (χ1v) is 8.46. The fourth-order valence-corrected chi connectivity index (χ4v) is 2.45. The summed E-state index contributed by atoms with van der Waals surface area (Å²) in [5.74, 6) is 0.817. The van der Waals surface area contributed by atoms with Gasteiger partial charge >= 0.3 is 0 Å². The Morgan fingerprint density at radius 2 is 1.67 bits per heavy atom. The number of benzene rings is 2. The van der Waals surface area contributed by atoms with Crippen molar-refractivity contribution in [1.82, 2.24) is 10.6 Å². The highest BCUT2D eigenvalue weighted by Gasteiger charge is 2.03. The maximum absolute atomic E-state index is 5.53. The summed E-state index contributed by atoms with van der Waals surface area (Å²) in [4.78, 5) is 4.29. The number of hydrogen-bond acceptors (Lipinski definition) is 2. The van der Waals surface area contributed by atoms with E-state index >= 15 is 0 Å². The van der Waals surface area contributed by atoms with Gasteiger partial charge in [-0.1, -0.05) is 54.6 Å².